The van der Waals surface area contributed by atoms with E-state index in [-0.39, 0.29) is 18.9 Å². The lowest BCUT2D eigenvalue weighted by Gasteiger charge is -2.36. The van der Waals surface area contributed by atoms with Crippen LogP contribution in [0.2, 0.25) is 10.0 Å². The van der Waals surface area contributed by atoms with Crippen molar-refractivity contribution in [1.29, 1.82) is 0 Å². The summed E-state index contributed by atoms with van der Waals surface area (Å²) in [6, 6.07) is 5.49. The highest BCUT2D eigenvalue weighted by molar-refractivity contribution is 6.35. The van der Waals surface area contributed by atoms with Crippen molar-refractivity contribution < 1.29 is 13.5 Å². The third kappa shape index (κ3) is 6.37. The lowest BCUT2D eigenvalue weighted by molar-refractivity contribution is -0.0581. The number of hydrogen-bond acceptors (Lipinski definition) is 7. The van der Waals surface area contributed by atoms with E-state index in [9.17, 15) is 8.78 Å². The van der Waals surface area contributed by atoms with Gasteiger partial charge in [-0.3, -0.25) is 0 Å². The Bertz CT molecular complexity index is 1070. The molecule has 0 aliphatic carbocycles. The molecule has 4 heterocycles. The quantitative estimate of drug-likeness (QED) is 0.540. The highest BCUT2D eigenvalue weighted by Crippen LogP contribution is 2.29. The molecule has 0 spiro atoms. The second-order valence-corrected chi connectivity index (χ2v) is 10.6. The van der Waals surface area contributed by atoms with Gasteiger partial charge in [0.15, 0.2) is 0 Å². The fourth-order valence-electron chi connectivity index (χ4n) is 4.97. The SMILES string of the molecule is FC1(F)CCN(CCC2CN(c3nc4c(c(NCc5ccc(Cl)cc5Cl)n3)CNCC4)CCO2)CC1. The maximum Gasteiger partial charge on any atom is 0.250 e. The van der Waals surface area contributed by atoms with Crippen LogP contribution in [0.25, 0.3) is 0 Å². The molecule has 196 valence electrons. The van der Waals surface area contributed by atoms with Crippen molar-refractivity contribution in [3.63, 3.8) is 0 Å². The van der Waals surface area contributed by atoms with Crippen molar-refractivity contribution in [3.8, 4) is 0 Å². The zero-order valence-electron chi connectivity index (χ0n) is 20.2. The molecule has 3 aliphatic rings. The zero-order chi connectivity index (χ0) is 25.1. The van der Waals surface area contributed by atoms with Gasteiger partial charge in [0, 0.05) is 87.2 Å². The summed E-state index contributed by atoms with van der Waals surface area (Å²) in [5.74, 6) is -1.00. The van der Waals surface area contributed by atoms with Crippen LogP contribution in [0.3, 0.4) is 0 Å². The molecule has 5 rings (SSSR count). The summed E-state index contributed by atoms with van der Waals surface area (Å²) in [4.78, 5) is 14.1. The number of benzene rings is 1. The molecule has 36 heavy (non-hydrogen) atoms. The predicted octanol–water partition coefficient (Wildman–Crippen LogP) is 4.37. The smallest absolute Gasteiger partial charge is 0.250 e. The van der Waals surface area contributed by atoms with Crippen LogP contribution < -0.4 is 15.5 Å². The monoisotopic (exact) mass is 540 g/mol. The molecule has 2 N–H and O–H groups in total. The number of halogens is 4. The summed E-state index contributed by atoms with van der Waals surface area (Å²) in [5, 5.41) is 8.10. The van der Waals surface area contributed by atoms with Crippen LogP contribution >= 0.6 is 23.2 Å². The fourth-order valence-corrected chi connectivity index (χ4v) is 5.44. The molecule has 0 amide bonds. The van der Waals surface area contributed by atoms with Crippen LogP contribution in [-0.4, -0.2) is 72.8 Å². The van der Waals surface area contributed by atoms with Gasteiger partial charge in [0.05, 0.1) is 18.4 Å². The van der Waals surface area contributed by atoms with Crippen molar-refractivity contribution in [2.24, 2.45) is 0 Å². The van der Waals surface area contributed by atoms with Gasteiger partial charge in [-0.15, -0.1) is 0 Å². The average molecular weight is 541 g/mol. The Morgan fingerprint density at radius 1 is 1.17 bits per heavy atom. The molecule has 3 aliphatic heterocycles. The Morgan fingerprint density at radius 3 is 2.81 bits per heavy atom. The summed E-state index contributed by atoms with van der Waals surface area (Å²) < 4.78 is 32.9. The number of aromatic nitrogens is 2. The molecular formula is C25H32Cl2F2N6O. The van der Waals surface area contributed by atoms with Gasteiger partial charge in [-0.1, -0.05) is 29.3 Å². The number of nitrogens with one attached hydrogen (secondary N) is 2. The molecule has 11 heteroatoms. The number of morpholine rings is 1. The topological polar surface area (TPSA) is 65.5 Å². The second kappa shape index (κ2) is 11.3. The van der Waals surface area contributed by atoms with E-state index in [4.69, 9.17) is 37.9 Å². The van der Waals surface area contributed by atoms with E-state index < -0.39 is 5.92 Å². The van der Waals surface area contributed by atoms with E-state index >= 15 is 0 Å². The zero-order valence-corrected chi connectivity index (χ0v) is 21.7. The van der Waals surface area contributed by atoms with E-state index in [2.05, 4.69) is 20.4 Å². The Labute approximate surface area is 220 Å². The number of ether oxygens (including phenoxy) is 1. The van der Waals surface area contributed by atoms with E-state index in [1.165, 1.54) is 0 Å². The first kappa shape index (κ1) is 25.9. The van der Waals surface area contributed by atoms with Gasteiger partial charge < -0.3 is 25.2 Å². The number of piperidine rings is 1. The average Bonchev–Trinajstić information content (AvgIpc) is 2.87. The summed E-state index contributed by atoms with van der Waals surface area (Å²) in [7, 11) is 0. The third-order valence-corrected chi connectivity index (χ3v) is 7.75. The van der Waals surface area contributed by atoms with E-state index in [0.29, 0.717) is 61.9 Å². The minimum atomic E-state index is -2.52. The van der Waals surface area contributed by atoms with Crippen LogP contribution in [-0.2, 0) is 24.2 Å². The summed E-state index contributed by atoms with van der Waals surface area (Å²) in [5.41, 5.74) is 3.09. The highest BCUT2D eigenvalue weighted by Gasteiger charge is 2.34. The summed E-state index contributed by atoms with van der Waals surface area (Å²) in [6.45, 7) is 5.76. The fraction of sp³-hybridized carbons (Fsp3) is 0.600. The molecule has 1 unspecified atom stereocenters. The van der Waals surface area contributed by atoms with Crippen molar-refractivity contribution in [2.45, 2.75) is 50.8 Å². The van der Waals surface area contributed by atoms with Crippen molar-refractivity contribution in [3.05, 3.63) is 45.1 Å². The minimum Gasteiger partial charge on any atom is -0.374 e. The van der Waals surface area contributed by atoms with E-state index in [0.717, 1.165) is 48.6 Å². The van der Waals surface area contributed by atoms with E-state index in [1.54, 1.807) is 6.07 Å². The molecule has 2 aromatic rings. The second-order valence-electron chi connectivity index (χ2n) is 9.74. The van der Waals surface area contributed by atoms with E-state index in [1.807, 2.05) is 12.1 Å². The largest absolute Gasteiger partial charge is 0.374 e. The first-order chi connectivity index (χ1) is 17.4. The number of rotatable bonds is 7. The van der Waals surface area contributed by atoms with Crippen molar-refractivity contribution in [2.75, 3.05) is 56.1 Å². The first-order valence-corrected chi connectivity index (χ1v) is 13.4. The Balaban J connectivity index is 1.25. The Kier molecular flexibility index (Phi) is 8.12. The molecule has 1 aromatic heterocycles. The number of likely N-dealkylation sites (tertiary alicyclic amines) is 1. The van der Waals surface area contributed by atoms with Crippen LogP contribution in [0.4, 0.5) is 20.5 Å². The summed E-state index contributed by atoms with van der Waals surface area (Å²) in [6.07, 6.45) is 1.55. The first-order valence-electron chi connectivity index (χ1n) is 12.6. The maximum absolute atomic E-state index is 13.5. The molecule has 0 radical (unpaired) electrons. The van der Waals surface area contributed by atoms with Gasteiger partial charge in [0.25, 0.3) is 5.92 Å². The van der Waals surface area contributed by atoms with Gasteiger partial charge in [-0.2, -0.15) is 4.98 Å². The molecule has 0 bridgehead atoms. The lowest BCUT2D eigenvalue weighted by Crippen LogP contribution is -2.46. The van der Waals surface area contributed by atoms with Crippen LogP contribution in [0.15, 0.2) is 18.2 Å². The molecule has 2 fully saturated rings. The van der Waals surface area contributed by atoms with Gasteiger partial charge in [0.2, 0.25) is 5.95 Å². The number of alkyl halides is 2. The highest BCUT2D eigenvalue weighted by atomic mass is 35.5. The number of nitrogens with zero attached hydrogens (tertiary/aromatic N) is 4. The number of hydrogen-bond donors (Lipinski definition) is 2. The summed E-state index contributed by atoms with van der Waals surface area (Å²) >= 11 is 12.4. The van der Waals surface area contributed by atoms with Crippen LogP contribution in [0.5, 0.6) is 0 Å². The normalized spacial score (nSPS) is 22.3. The van der Waals surface area contributed by atoms with Gasteiger partial charge >= 0.3 is 0 Å². The molecular weight excluding hydrogens is 509 g/mol. The van der Waals surface area contributed by atoms with Crippen LogP contribution in [0, 0.1) is 0 Å². The lowest BCUT2D eigenvalue weighted by atomic mass is 10.1. The molecule has 7 nitrogen and oxygen atoms in total. The molecule has 2 saturated heterocycles. The van der Waals surface area contributed by atoms with Crippen LogP contribution in [0.1, 0.15) is 36.1 Å². The minimum absolute atomic E-state index is 0.0202. The third-order valence-electron chi connectivity index (χ3n) is 7.16. The predicted molar refractivity (Wildman–Crippen MR) is 138 cm³/mol. The van der Waals surface area contributed by atoms with Gasteiger partial charge in [-0.05, 0) is 24.1 Å². The Morgan fingerprint density at radius 2 is 2.00 bits per heavy atom. The number of fused-ring (bicyclic) bond motifs is 1. The molecule has 1 aromatic carbocycles. The van der Waals surface area contributed by atoms with Crippen molar-refractivity contribution >= 4 is 35.0 Å². The van der Waals surface area contributed by atoms with Gasteiger partial charge in [-0.25, -0.2) is 13.8 Å². The molecule has 0 saturated carbocycles. The standard InChI is InChI=1S/C25H32Cl2F2N6O/c26-18-2-1-17(21(27)13-18)14-31-23-20-15-30-7-3-22(20)32-24(33-23)35-11-12-36-19(16-35)4-8-34-9-5-25(28,29)6-10-34/h1-2,13,19,30H,3-12,14-16H2,(H,31,32,33). The van der Waals surface area contributed by atoms with Gasteiger partial charge in [0.1, 0.15) is 5.82 Å². The molecule has 1 atom stereocenters. The number of anilines is 2. The Hall–Kier alpha value is -1.78. The van der Waals surface area contributed by atoms with Crippen molar-refractivity contribution in [1.82, 2.24) is 20.2 Å². The maximum atomic E-state index is 13.5.